The van der Waals surface area contributed by atoms with Gasteiger partial charge in [-0.2, -0.15) is 5.10 Å². The highest BCUT2D eigenvalue weighted by Gasteiger charge is 2.51. The number of nitrogens with zero attached hydrogens (tertiary/aromatic N) is 3. The lowest BCUT2D eigenvalue weighted by atomic mass is 9.82. The number of nitrogens with one attached hydrogen (secondary N) is 1. The quantitative estimate of drug-likeness (QED) is 0.618. The molecule has 1 N–H and O–H groups in total. The summed E-state index contributed by atoms with van der Waals surface area (Å²) < 4.78 is 14.1. The smallest absolute Gasteiger partial charge is 0.266 e. The van der Waals surface area contributed by atoms with Crippen LogP contribution < -0.4 is 0 Å². The van der Waals surface area contributed by atoms with Crippen molar-refractivity contribution in [1.82, 2.24) is 14.9 Å². The van der Waals surface area contributed by atoms with Gasteiger partial charge in [-0.15, -0.1) is 0 Å². The Kier molecular flexibility index (Phi) is 4.41. The molecule has 1 aromatic heterocycles. The van der Waals surface area contributed by atoms with Crippen molar-refractivity contribution in [3.8, 4) is 0 Å². The molecule has 0 spiro atoms. The largest absolute Gasteiger partial charge is 0.356 e. The number of benzene rings is 2. The van der Waals surface area contributed by atoms with Crippen LogP contribution in [-0.2, 0) is 21.5 Å². The molecular weight excluding hydrogens is 419 g/mol. The van der Waals surface area contributed by atoms with Crippen molar-refractivity contribution in [2.75, 3.05) is 6.54 Å². The number of rotatable bonds is 2. The molecule has 31 heavy (non-hydrogen) atoms. The number of carbonyl (C=O) groups excluding carboxylic acids is 2. The molecule has 0 radical (unpaired) electrons. The first kappa shape index (κ1) is 19.8. The van der Waals surface area contributed by atoms with Crippen LogP contribution in [0.15, 0.2) is 47.6 Å². The number of fused-ring (bicyclic) bond motifs is 4. The monoisotopic (exact) mass is 438 g/mol. The maximum absolute atomic E-state index is 14.1. The predicted molar refractivity (Wildman–Crippen MR) is 116 cm³/mol. The predicted octanol–water partition coefficient (Wildman–Crippen LogP) is 3.83. The Labute approximate surface area is 183 Å². The summed E-state index contributed by atoms with van der Waals surface area (Å²) in [4.78, 5) is 31.5. The molecule has 3 heterocycles. The third-order valence-corrected chi connectivity index (χ3v) is 6.49. The molecule has 3 aromatic rings. The van der Waals surface area contributed by atoms with Gasteiger partial charge in [0.05, 0.1) is 16.8 Å². The minimum absolute atomic E-state index is 0.0785. The normalized spacial score (nSPS) is 20.5. The molecule has 0 aliphatic carbocycles. The van der Waals surface area contributed by atoms with Crippen molar-refractivity contribution in [3.05, 3.63) is 70.1 Å². The molecule has 8 heteroatoms. The van der Waals surface area contributed by atoms with E-state index in [1.54, 1.807) is 11.0 Å². The lowest BCUT2D eigenvalue weighted by Crippen LogP contribution is -2.66. The number of aromatic amines is 1. The number of hydrogen-bond acceptors (Lipinski definition) is 3. The second kappa shape index (κ2) is 6.92. The summed E-state index contributed by atoms with van der Waals surface area (Å²) in [6.45, 7) is 3.67. The van der Waals surface area contributed by atoms with Gasteiger partial charge in [0.15, 0.2) is 0 Å². The first-order valence-corrected chi connectivity index (χ1v) is 10.4. The van der Waals surface area contributed by atoms with Gasteiger partial charge in [-0.25, -0.2) is 9.40 Å². The number of piperazine rings is 1. The minimum Gasteiger partial charge on any atom is -0.356 e. The number of hydrazone groups is 1. The maximum Gasteiger partial charge on any atom is 0.266 e. The van der Waals surface area contributed by atoms with Crippen molar-refractivity contribution >= 4 is 40.5 Å². The van der Waals surface area contributed by atoms with E-state index in [9.17, 15) is 14.0 Å². The van der Waals surface area contributed by atoms with Gasteiger partial charge in [-0.05, 0) is 37.6 Å². The van der Waals surface area contributed by atoms with Crippen molar-refractivity contribution in [2.24, 2.45) is 5.10 Å². The molecule has 1 fully saturated rings. The molecule has 5 rings (SSSR count). The standard InChI is InChI=1S/C23H20ClFN4O2/c1-23(2)21-14(13-6-3-4-9-18(13)27-21)10-19-22(31)28(12-20(30)29(19)23)26-11-15-16(24)7-5-8-17(15)25/h3-9,11,19,27H,10,12H2,1-2H3/b26-11+/t19-/m0/s1. The van der Waals surface area contributed by atoms with Crippen LogP contribution in [0.25, 0.3) is 10.9 Å². The van der Waals surface area contributed by atoms with Gasteiger partial charge in [-0.1, -0.05) is 35.9 Å². The van der Waals surface area contributed by atoms with Gasteiger partial charge >= 0.3 is 0 Å². The van der Waals surface area contributed by atoms with E-state index in [-0.39, 0.29) is 28.9 Å². The van der Waals surface area contributed by atoms with Gasteiger partial charge in [-0.3, -0.25) is 9.59 Å². The summed E-state index contributed by atoms with van der Waals surface area (Å²) in [5.74, 6) is -1.06. The second-order valence-electron chi connectivity index (χ2n) is 8.34. The second-order valence-corrected chi connectivity index (χ2v) is 8.75. The number of para-hydroxylation sites is 1. The van der Waals surface area contributed by atoms with Crippen LogP contribution in [0.2, 0.25) is 5.02 Å². The summed E-state index contributed by atoms with van der Waals surface area (Å²) in [6, 6.07) is 11.5. The van der Waals surface area contributed by atoms with E-state index in [0.29, 0.717) is 6.42 Å². The fourth-order valence-corrected chi connectivity index (χ4v) is 4.94. The van der Waals surface area contributed by atoms with Gasteiger partial charge in [0.25, 0.3) is 5.91 Å². The van der Waals surface area contributed by atoms with Crippen LogP contribution in [0.4, 0.5) is 4.39 Å². The number of halogens is 2. The minimum atomic E-state index is -0.686. The average Bonchev–Trinajstić information content (AvgIpc) is 3.10. The highest BCUT2D eigenvalue weighted by molar-refractivity contribution is 6.33. The topological polar surface area (TPSA) is 68.8 Å². The molecule has 0 bridgehead atoms. The van der Waals surface area contributed by atoms with E-state index < -0.39 is 17.4 Å². The van der Waals surface area contributed by atoms with E-state index in [4.69, 9.17) is 11.6 Å². The Hall–Kier alpha value is -3.19. The molecule has 2 aliphatic rings. The number of hydrogen-bond donors (Lipinski definition) is 1. The van der Waals surface area contributed by atoms with Gasteiger partial charge in [0.1, 0.15) is 18.4 Å². The van der Waals surface area contributed by atoms with Crippen molar-refractivity contribution in [2.45, 2.75) is 31.8 Å². The van der Waals surface area contributed by atoms with Crippen LogP contribution in [0.1, 0.15) is 30.7 Å². The van der Waals surface area contributed by atoms with E-state index in [0.717, 1.165) is 27.2 Å². The van der Waals surface area contributed by atoms with Crippen molar-refractivity contribution < 1.29 is 14.0 Å². The van der Waals surface area contributed by atoms with E-state index in [1.165, 1.54) is 18.3 Å². The Bertz CT molecular complexity index is 1250. The zero-order valence-electron chi connectivity index (χ0n) is 17.0. The van der Waals surface area contributed by atoms with Crippen molar-refractivity contribution in [3.63, 3.8) is 0 Å². The summed E-state index contributed by atoms with van der Waals surface area (Å²) in [5, 5.41) is 6.47. The fraction of sp³-hybridized carbons (Fsp3) is 0.261. The Morgan fingerprint density at radius 1 is 1.19 bits per heavy atom. The van der Waals surface area contributed by atoms with Crippen molar-refractivity contribution in [1.29, 1.82) is 0 Å². The van der Waals surface area contributed by atoms with Gasteiger partial charge in [0, 0.05) is 28.6 Å². The van der Waals surface area contributed by atoms with Crippen LogP contribution in [0.5, 0.6) is 0 Å². The van der Waals surface area contributed by atoms with E-state index in [1.807, 2.05) is 38.1 Å². The van der Waals surface area contributed by atoms with Crippen LogP contribution in [0.3, 0.4) is 0 Å². The molecule has 6 nitrogen and oxygen atoms in total. The van der Waals surface area contributed by atoms with Crippen LogP contribution >= 0.6 is 11.6 Å². The van der Waals surface area contributed by atoms with Gasteiger partial charge < -0.3 is 9.88 Å². The first-order valence-electron chi connectivity index (χ1n) is 10.0. The third-order valence-electron chi connectivity index (χ3n) is 6.16. The molecule has 2 aliphatic heterocycles. The highest BCUT2D eigenvalue weighted by atomic mass is 35.5. The number of amides is 2. The third kappa shape index (κ3) is 2.95. The molecule has 2 aromatic carbocycles. The number of aromatic nitrogens is 1. The fourth-order valence-electron chi connectivity index (χ4n) is 4.73. The Morgan fingerprint density at radius 3 is 2.74 bits per heavy atom. The zero-order chi connectivity index (χ0) is 21.9. The zero-order valence-corrected chi connectivity index (χ0v) is 17.8. The van der Waals surface area contributed by atoms with Crippen LogP contribution in [-0.4, -0.2) is 45.5 Å². The Morgan fingerprint density at radius 2 is 1.97 bits per heavy atom. The molecular formula is C23H20ClFN4O2. The molecule has 0 unspecified atom stereocenters. The summed E-state index contributed by atoms with van der Waals surface area (Å²) in [5.41, 5.74) is 2.35. The molecule has 158 valence electrons. The summed E-state index contributed by atoms with van der Waals surface area (Å²) in [6.07, 6.45) is 1.59. The molecule has 2 amide bonds. The SMILES string of the molecule is CC1(C)c2[nH]c3ccccc3c2C[C@H]2C(=O)N(/N=C/c3c(F)cccc3Cl)CC(=O)N21. The van der Waals surface area contributed by atoms with Gasteiger partial charge in [0.2, 0.25) is 5.91 Å². The Balaban J connectivity index is 1.53. The number of carbonyl (C=O) groups is 2. The molecule has 1 atom stereocenters. The van der Waals surface area contributed by atoms with Crippen LogP contribution in [0, 0.1) is 5.82 Å². The summed E-state index contributed by atoms with van der Waals surface area (Å²) in [7, 11) is 0. The average molecular weight is 439 g/mol. The highest BCUT2D eigenvalue weighted by Crippen LogP contribution is 2.42. The molecule has 0 saturated carbocycles. The first-order chi connectivity index (χ1) is 14.8. The molecule has 1 saturated heterocycles. The maximum atomic E-state index is 14.1. The lowest BCUT2D eigenvalue weighted by molar-refractivity contribution is -0.163. The lowest BCUT2D eigenvalue weighted by Gasteiger charge is -2.50. The summed E-state index contributed by atoms with van der Waals surface area (Å²) >= 11 is 6.05. The number of H-pyrrole nitrogens is 1. The van der Waals surface area contributed by atoms with E-state index >= 15 is 0 Å². The van der Waals surface area contributed by atoms with E-state index in [2.05, 4.69) is 10.1 Å².